The Bertz CT molecular complexity index is 141. The minimum atomic E-state index is 0.347. The summed E-state index contributed by atoms with van der Waals surface area (Å²) in [6, 6.07) is 1.10. The highest BCUT2D eigenvalue weighted by Crippen LogP contribution is 2.06. The Hall–Kier alpha value is -0.120. The lowest BCUT2D eigenvalue weighted by Gasteiger charge is -2.22. The van der Waals surface area contributed by atoms with Crippen LogP contribution in [-0.2, 0) is 4.74 Å². The van der Waals surface area contributed by atoms with E-state index in [-0.39, 0.29) is 0 Å². The summed E-state index contributed by atoms with van der Waals surface area (Å²) < 4.78 is 5.38. The number of rotatable bonds is 5. The van der Waals surface area contributed by atoms with Crippen molar-refractivity contribution in [2.45, 2.75) is 44.9 Å². The summed E-state index contributed by atoms with van der Waals surface area (Å²) in [6.45, 7) is 6.48. The zero-order valence-corrected chi connectivity index (χ0v) is 8.97. The third-order valence-corrected chi connectivity index (χ3v) is 2.68. The van der Waals surface area contributed by atoms with E-state index >= 15 is 0 Å². The Morgan fingerprint density at radius 1 is 1.54 bits per heavy atom. The number of methoxy groups -OCH3 is 1. The molecular weight excluding hydrogens is 164 g/mol. The van der Waals surface area contributed by atoms with Crippen molar-refractivity contribution in [2.24, 2.45) is 0 Å². The summed E-state index contributed by atoms with van der Waals surface area (Å²) in [6.07, 6.45) is 2.83. The van der Waals surface area contributed by atoms with E-state index in [4.69, 9.17) is 4.74 Å². The molecule has 1 fully saturated rings. The summed E-state index contributed by atoms with van der Waals surface area (Å²) in [5, 5.41) is 6.93. The van der Waals surface area contributed by atoms with Crippen molar-refractivity contribution in [3.8, 4) is 0 Å². The Balaban J connectivity index is 2.26. The summed E-state index contributed by atoms with van der Waals surface area (Å²) in [5.41, 5.74) is 0. The van der Waals surface area contributed by atoms with Gasteiger partial charge in [0.15, 0.2) is 0 Å². The van der Waals surface area contributed by atoms with Crippen LogP contribution in [0.3, 0.4) is 0 Å². The number of nitrogens with one attached hydrogen (secondary N) is 2. The van der Waals surface area contributed by atoms with E-state index in [9.17, 15) is 0 Å². The second-order valence-electron chi connectivity index (χ2n) is 3.90. The van der Waals surface area contributed by atoms with E-state index in [0.29, 0.717) is 18.2 Å². The Kier molecular flexibility index (Phi) is 4.70. The van der Waals surface area contributed by atoms with Gasteiger partial charge in [0.25, 0.3) is 0 Å². The first-order chi connectivity index (χ1) is 6.27. The van der Waals surface area contributed by atoms with Crippen LogP contribution in [-0.4, -0.2) is 38.4 Å². The van der Waals surface area contributed by atoms with Gasteiger partial charge in [-0.2, -0.15) is 0 Å². The molecule has 0 aromatic carbocycles. The molecule has 2 unspecified atom stereocenters. The van der Waals surface area contributed by atoms with Crippen LogP contribution in [0.15, 0.2) is 0 Å². The van der Waals surface area contributed by atoms with Gasteiger partial charge < -0.3 is 15.4 Å². The average Bonchev–Trinajstić information content (AvgIpc) is 2.52. The van der Waals surface area contributed by atoms with E-state index in [1.807, 2.05) is 0 Å². The minimum absolute atomic E-state index is 0.347. The minimum Gasteiger partial charge on any atom is -0.378 e. The number of ether oxygens (including phenoxy) is 1. The molecule has 78 valence electrons. The van der Waals surface area contributed by atoms with Gasteiger partial charge in [-0.05, 0) is 13.3 Å². The zero-order chi connectivity index (χ0) is 9.68. The van der Waals surface area contributed by atoms with Gasteiger partial charge in [-0.3, -0.25) is 0 Å². The van der Waals surface area contributed by atoms with Crippen molar-refractivity contribution in [3.63, 3.8) is 0 Å². The third-order valence-electron chi connectivity index (χ3n) is 2.68. The normalized spacial score (nSPS) is 30.7. The maximum atomic E-state index is 5.38. The van der Waals surface area contributed by atoms with E-state index in [0.717, 1.165) is 13.1 Å². The van der Waals surface area contributed by atoms with Gasteiger partial charge in [0.1, 0.15) is 0 Å². The maximum Gasteiger partial charge on any atom is 0.0860 e. The average molecular weight is 186 g/mol. The third kappa shape index (κ3) is 3.25. The molecule has 0 aromatic rings. The quantitative estimate of drug-likeness (QED) is 0.665. The topological polar surface area (TPSA) is 33.3 Å². The molecule has 0 radical (unpaired) electrons. The summed E-state index contributed by atoms with van der Waals surface area (Å²) >= 11 is 0. The standard InChI is InChI=1S/C10H22N2O/c1-4-5-8(2)12-9-6-11-7-10(9)13-3/h8-12H,4-7H2,1-3H3/t8?,9?,10-/m0/s1. The molecule has 0 amide bonds. The van der Waals surface area contributed by atoms with Crippen LogP contribution in [0.5, 0.6) is 0 Å². The van der Waals surface area contributed by atoms with Crippen molar-refractivity contribution in [1.29, 1.82) is 0 Å². The monoisotopic (exact) mass is 186 g/mol. The van der Waals surface area contributed by atoms with Crippen LogP contribution < -0.4 is 10.6 Å². The molecular formula is C10H22N2O. The van der Waals surface area contributed by atoms with E-state index in [1.54, 1.807) is 7.11 Å². The van der Waals surface area contributed by atoms with Crippen molar-refractivity contribution in [1.82, 2.24) is 10.6 Å². The fourth-order valence-electron chi connectivity index (χ4n) is 1.95. The van der Waals surface area contributed by atoms with Crippen molar-refractivity contribution >= 4 is 0 Å². The van der Waals surface area contributed by atoms with E-state index in [2.05, 4.69) is 24.5 Å². The number of hydrogen-bond donors (Lipinski definition) is 2. The molecule has 0 aliphatic carbocycles. The van der Waals surface area contributed by atoms with Gasteiger partial charge in [-0.15, -0.1) is 0 Å². The molecule has 13 heavy (non-hydrogen) atoms. The van der Waals surface area contributed by atoms with Gasteiger partial charge in [0, 0.05) is 32.3 Å². The predicted octanol–water partition coefficient (Wildman–Crippen LogP) is 0.751. The smallest absolute Gasteiger partial charge is 0.0860 e. The first-order valence-electron chi connectivity index (χ1n) is 5.27. The van der Waals surface area contributed by atoms with Crippen LogP contribution in [0.25, 0.3) is 0 Å². The van der Waals surface area contributed by atoms with Crippen molar-refractivity contribution in [3.05, 3.63) is 0 Å². The summed E-state index contributed by atoms with van der Waals surface area (Å²) in [7, 11) is 1.79. The molecule has 3 atom stereocenters. The van der Waals surface area contributed by atoms with Gasteiger partial charge in [0.05, 0.1) is 6.10 Å². The van der Waals surface area contributed by atoms with E-state index in [1.165, 1.54) is 12.8 Å². The molecule has 3 heteroatoms. The van der Waals surface area contributed by atoms with Crippen LogP contribution >= 0.6 is 0 Å². The highest BCUT2D eigenvalue weighted by molar-refractivity contribution is 4.88. The Morgan fingerprint density at radius 3 is 2.92 bits per heavy atom. The molecule has 1 aliphatic rings. The van der Waals surface area contributed by atoms with Crippen molar-refractivity contribution < 1.29 is 4.74 Å². The van der Waals surface area contributed by atoms with Crippen LogP contribution in [0, 0.1) is 0 Å². The SMILES string of the molecule is CCCC(C)NC1CNC[C@@H]1OC. The fraction of sp³-hybridized carbons (Fsp3) is 1.00. The maximum absolute atomic E-state index is 5.38. The largest absolute Gasteiger partial charge is 0.378 e. The first kappa shape index (κ1) is 11.0. The fourth-order valence-corrected chi connectivity index (χ4v) is 1.95. The van der Waals surface area contributed by atoms with Crippen LogP contribution in [0.2, 0.25) is 0 Å². The molecule has 2 N–H and O–H groups in total. The molecule has 0 spiro atoms. The molecule has 1 saturated heterocycles. The Morgan fingerprint density at radius 2 is 2.31 bits per heavy atom. The van der Waals surface area contributed by atoms with Crippen LogP contribution in [0.1, 0.15) is 26.7 Å². The number of hydrogen-bond acceptors (Lipinski definition) is 3. The molecule has 0 saturated carbocycles. The molecule has 0 aromatic heterocycles. The Labute approximate surface area is 81.2 Å². The van der Waals surface area contributed by atoms with Gasteiger partial charge in [0.2, 0.25) is 0 Å². The van der Waals surface area contributed by atoms with Gasteiger partial charge in [-0.1, -0.05) is 13.3 Å². The second-order valence-corrected chi connectivity index (χ2v) is 3.90. The predicted molar refractivity (Wildman–Crippen MR) is 55.0 cm³/mol. The lowest BCUT2D eigenvalue weighted by molar-refractivity contribution is 0.0927. The molecule has 3 nitrogen and oxygen atoms in total. The lowest BCUT2D eigenvalue weighted by atomic mass is 10.1. The van der Waals surface area contributed by atoms with Crippen molar-refractivity contribution in [2.75, 3.05) is 20.2 Å². The summed E-state index contributed by atoms with van der Waals surface area (Å²) in [4.78, 5) is 0. The zero-order valence-electron chi connectivity index (χ0n) is 8.97. The summed E-state index contributed by atoms with van der Waals surface area (Å²) in [5.74, 6) is 0. The van der Waals surface area contributed by atoms with Crippen LogP contribution in [0.4, 0.5) is 0 Å². The van der Waals surface area contributed by atoms with E-state index < -0.39 is 0 Å². The highest BCUT2D eigenvalue weighted by Gasteiger charge is 2.27. The highest BCUT2D eigenvalue weighted by atomic mass is 16.5. The van der Waals surface area contributed by atoms with Gasteiger partial charge in [-0.25, -0.2) is 0 Å². The van der Waals surface area contributed by atoms with Gasteiger partial charge >= 0.3 is 0 Å². The first-order valence-corrected chi connectivity index (χ1v) is 5.27. The molecule has 1 aliphatic heterocycles. The lowest BCUT2D eigenvalue weighted by Crippen LogP contribution is -2.44. The molecule has 1 heterocycles. The second kappa shape index (κ2) is 5.58. The molecule has 0 bridgehead atoms. The molecule has 1 rings (SSSR count).